The van der Waals surface area contributed by atoms with E-state index in [1.165, 1.54) is 13.2 Å². The molecule has 20 heavy (non-hydrogen) atoms. The SMILES string of the molecule is COC1=CC(=O)C2C(C1=O)C(c1ccc(Cl)cc1)[C@@H]2C. The first-order valence-corrected chi connectivity index (χ1v) is 7.01. The number of Topliss-reactive ketones (excluding diaryl/α,β-unsaturated/α-hetero) is 1. The first-order chi connectivity index (χ1) is 9.54. The Bertz CT molecular complexity index is 603. The van der Waals surface area contributed by atoms with Gasteiger partial charge in [-0.2, -0.15) is 0 Å². The van der Waals surface area contributed by atoms with Crippen LogP contribution >= 0.6 is 11.6 Å². The first kappa shape index (κ1) is 13.4. The van der Waals surface area contributed by atoms with Crippen molar-refractivity contribution in [2.45, 2.75) is 12.8 Å². The number of hydrogen-bond acceptors (Lipinski definition) is 3. The van der Waals surface area contributed by atoms with Crippen molar-refractivity contribution in [2.24, 2.45) is 17.8 Å². The predicted molar refractivity (Wildman–Crippen MR) is 75.4 cm³/mol. The number of fused-ring (bicyclic) bond motifs is 1. The molecule has 2 aliphatic rings. The van der Waals surface area contributed by atoms with Crippen LogP contribution in [0.25, 0.3) is 0 Å². The normalized spacial score (nSPS) is 32.2. The Morgan fingerprint density at radius 3 is 2.30 bits per heavy atom. The summed E-state index contributed by atoms with van der Waals surface area (Å²) in [6.07, 6.45) is 1.35. The number of halogens is 1. The zero-order valence-corrected chi connectivity index (χ0v) is 12.1. The van der Waals surface area contributed by atoms with E-state index in [1.807, 2.05) is 31.2 Å². The van der Waals surface area contributed by atoms with Gasteiger partial charge in [-0.15, -0.1) is 0 Å². The van der Waals surface area contributed by atoms with Crippen molar-refractivity contribution in [1.82, 2.24) is 0 Å². The van der Waals surface area contributed by atoms with Crippen LogP contribution in [0.4, 0.5) is 0 Å². The molecular formula is C16H15ClO3. The maximum Gasteiger partial charge on any atom is 0.201 e. The average molecular weight is 291 g/mol. The van der Waals surface area contributed by atoms with E-state index in [2.05, 4.69) is 0 Å². The molecular weight excluding hydrogens is 276 g/mol. The Morgan fingerprint density at radius 2 is 1.70 bits per heavy atom. The van der Waals surface area contributed by atoms with Gasteiger partial charge < -0.3 is 4.74 Å². The van der Waals surface area contributed by atoms with E-state index in [9.17, 15) is 9.59 Å². The number of benzene rings is 1. The average Bonchev–Trinajstić information content (AvgIpc) is 2.43. The highest BCUT2D eigenvalue weighted by Crippen LogP contribution is 2.55. The number of carbonyl (C=O) groups excluding carboxylic acids is 2. The molecule has 4 heteroatoms. The summed E-state index contributed by atoms with van der Waals surface area (Å²) in [5.41, 5.74) is 1.06. The molecule has 0 saturated heterocycles. The number of ketones is 2. The van der Waals surface area contributed by atoms with E-state index in [-0.39, 0.29) is 41.0 Å². The summed E-state index contributed by atoms with van der Waals surface area (Å²) in [4.78, 5) is 24.5. The second-order valence-corrected chi connectivity index (χ2v) is 5.90. The number of carbonyl (C=O) groups is 2. The second-order valence-electron chi connectivity index (χ2n) is 5.47. The highest BCUT2D eigenvalue weighted by molar-refractivity contribution is 6.30. The molecule has 4 atom stereocenters. The molecule has 0 aliphatic heterocycles. The highest BCUT2D eigenvalue weighted by Gasteiger charge is 2.57. The Morgan fingerprint density at radius 1 is 1.05 bits per heavy atom. The molecule has 0 N–H and O–H groups in total. The summed E-state index contributed by atoms with van der Waals surface area (Å²) in [5, 5.41) is 0.667. The first-order valence-electron chi connectivity index (χ1n) is 6.64. The monoisotopic (exact) mass is 290 g/mol. The fourth-order valence-corrected chi connectivity index (χ4v) is 3.66. The molecule has 0 heterocycles. The summed E-state index contributed by atoms with van der Waals surface area (Å²) in [6, 6.07) is 7.50. The van der Waals surface area contributed by atoms with Crippen LogP contribution in [0, 0.1) is 17.8 Å². The predicted octanol–water partition coefficient (Wildman–Crippen LogP) is 2.99. The molecule has 0 spiro atoms. The van der Waals surface area contributed by atoms with E-state index >= 15 is 0 Å². The molecule has 1 fully saturated rings. The maximum absolute atomic E-state index is 12.4. The Labute approximate surface area is 122 Å². The highest BCUT2D eigenvalue weighted by atomic mass is 35.5. The lowest BCUT2D eigenvalue weighted by molar-refractivity contribution is -0.144. The van der Waals surface area contributed by atoms with Crippen molar-refractivity contribution in [3.8, 4) is 0 Å². The van der Waals surface area contributed by atoms with Crippen LogP contribution in [-0.2, 0) is 14.3 Å². The minimum atomic E-state index is -0.293. The smallest absolute Gasteiger partial charge is 0.201 e. The maximum atomic E-state index is 12.4. The van der Waals surface area contributed by atoms with Gasteiger partial charge in [0.25, 0.3) is 0 Å². The summed E-state index contributed by atoms with van der Waals surface area (Å²) in [7, 11) is 1.43. The quantitative estimate of drug-likeness (QED) is 0.841. The van der Waals surface area contributed by atoms with E-state index in [4.69, 9.17) is 16.3 Å². The minimum absolute atomic E-state index is 0.00386. The van der Waals surface area contributed by atoms with E-state index < -0.39 is 0 Å². The standard InChI is InChI=1S/C16H15ClO3/c1-8-13(9-3-5-10(17)6-4-9)15-14(8)11(18)7-12(20-2)16(15)19/h3-8,13-15H,1-2H3/t8-,13?,14?,15?/m0/s1. The zero-order valence-electron chi connectivity index (χ0n) is 11.3. The molecule has 0 amide bonds. The molecule has 1 saturated carbocycles. The zero-order chi connectivity index (χ0) is 14.4. The van der Waals surface area contributed by atoms with Crippen molar-refractivity contribution in [1.29, 1.82) is 0 Å². The minimum Gasteiger partial charge on any atom is -0.493 e. The van der Waals surface area contributed by atoms with Crippen LogP contribution in [0.5, 0.6) is 0 Å². The van der Waals surface area contributed by atoms with Gasteiger partial charge in [-0.1, -0.05) is 30.7 Å². The summed E-state index contributed by atoms with van der Waals surface area (Å²) >= 11 is 5.90. The van der Waals surface area contributed by atoms with Crippen molar-refractivity contribution in [3.05, 3.63) is 46.7 Å². The Balaban J connectivity index is 1.96. The molecule has 0 radical (unpaired) electrons. The molecule has 0 bridgehead atoms. The largest absolute Gasteiger partial charge is 0.493 e. The van der Waals surface area contributed by atoms with Gasteiger partial charge in [0.05, 0.1) is 7.11 Å². The van der Waals surface area contributed by atoms with Gasteiger partial charge >= 0.3 is 0 Å². The molecule has 1 aromatic rings. The van der Waals surface area contributed by atoms with Crippen LogP contribution in [-0.4, -0.2) is 18.7 Å². The van der Waals surface area contributed by atoms with E-state index in [0.29, 0.717) is 5.02 Å². The second kappa shape index (κ2) is 4.74. The molecule has 3 unspecified atom stereocenters. The van der Waals surface area contributed by atoms with Gasteiger partial charge in [0.15, 0.2) is 11.5 Å². The van der Waals surface area contributed by atoms with Gasteiger partial charge in [0, 0.05) is 22.9 Å². The third kappa shape index (κ3) is 1.80. The Kier molecular flexibility index (Phi) is 3.17. The van der Waals surface area contributed by atoms with Crippen molar-refractivity contribution in [2.75, 3.05) is 7.11 Å². The fourth-order valence-electron chi connectivity index (χ4n) is 3.53. The topological polar surface area (TPSA) is 43.4 Å². The van der Waals surface area contributed by atoms with Crippen molar-refractivity contribution < 1.29 is 14.3 Å². The van der Waals surface area contributed by atoms with Crippen LogP contribution in [0.3, 0.4) is 0 Å². The van der Waals surface area contributed by atoms with Crippen LogP contribution in [0.1, 0.15) is 18.4 Å². The summed E-state index contributed by atoms with van der Waals surface area (Å²) in [5.74, 6) is -0.151. The molecule has 2 aliphatic carbocycles. The van der Waals surface area contributed by atoms with E-state index in [1.54, 1.807) is 0 Å². The molecule has 104 valence electrons. The lowest BCUT2D eigenvalue weighted by atomic mass is 9.51. The van der Waals surface area contributed by atoms with Gasteiger partial charge in [0.1, 0.15) is 0 Å². The number of rotatable bonds is 2. The third-order valence-electron chi connectivity index (χ3n) is 4.53. The summed E-state index contributed by atoms with van der Waals surface area (Å²) < 4.78 is 5.03. The van der Waals surface area contributed by atoms with Gasteiger partial charge in [-0.05, 0) is 29.5 Å². The molecule has 1 aromatic carbocycles. The Hall–Kier alpha value is -1.61. The molecule has 0 aromatic heterocycles. The van der Waals surface area contributed by atoms with Crippen LogP contribution in [0.15, 0.2) is 36.1 Å². The lowest BCUT2D eigenvalue weighted by Crippen LogP contribution is -2.53. The van der Waals surface area contributed by atoms with Gasteiger partial charge in [0.2, 0.25) is 5.78 Å². The summed E-state index contributed by atoms with van der Waals surface area (Å²) in [6.45, 7) is 2.03. The number of hydrogen-bond donors (Lipinski definition) is 0. The van der Waals surface area contributed by atoms with Gasteiger partial charge in [-0.25, -0.2) is 0 Å². The van der Waals surface area contributed by atoms with Crippen LogP contribution in [0.2, 0.25) is 5.02 Å². The lowest BCUT2D eigenvalue weighted by Gasteiger charge is -2.50. The molecule has 3 rings (SSSR count). The fraction of sp³-hybridized carbons (Fsp3) is 0.375. The van der Waals surface area contributed by atoms with Crippen molar-refractivity contribution in [3.63, 3.8) is 0 Å². The third-order valence-corrected chi connectivity index (χ3v) is 4.78. The molecule has 3 nitrogen and oxygen atoms in total. The number of ether oxygens (including phenoxy) is 1. The number of methoxy groups -OCH3 is 1. The van der Waals surface area contributed by atoms with E-state index in [0.717, 1.165) is 5.56 Å². The van der Waals surface area contributed by atoms with Crippen molar-refractivity contribution >= 4 is 23.2 Å². The van der Waals surface area contributed by atoms with Gasteiger partial charge in [-0.3, -0.25) is 9.59 Å². The number of allylic oxidation sites excluding steroid dienone is 2. The van der Waals surface area contributed by atoms with Crippen LogP contribution < -0.4 is 0 Å².